The molecule has 0 aliphatic heterocycles. The highest BCUT2D eigenvalue weighted by atomic mass is 15.3. The van der Waals surface area contributed by atoms with E-state index < -0.39 is 0 Å². The Hall–Kier alpha value is -0.790. The highest BCUT2D eigenvalue weighted by Crippen LogP contribution is 1.97. The molecule has 0 aliphatic rings. The van der Waals surface area contributed by atoms with Gasteiger partial charge in [0.05, 0.1) is 6.20 Å². The van der Waals surface area contributed by atoms with Crippen molar-refractivity contribution in [3.05, 3.63) is 18.5 Å². The Morgan fingerprint density at radius 1 is 1.62 bits per heavy atom. The largest absolute Gasteiger partial charge is 0.261 e. The van der Waals surface area contributed by atoms with Crippen LogP contribution in [-0.2, 0) is 0 Å². The van der Waals surface area contributed by atoms with Gasteiger partial charge in [-0.2, -0.15) is 5.10 Å². The molecule has 1 heterocycles. The molecule has 1 aromatic heterocycles. The molecule has 0 bridgehead atoms. The van der Waals surface area contributed by atoms with Crippen molar-refractivity contribution >= 4 is 0 Å². The van der Waals surface area contributed by atoms with Gasteiger partial charge in [0, 0.05) is 12.2 Å². The van der Waals surface area contributed by atoms with Crippen molar-refractivity contribution in [1.29, 1.82) is 0 Å². The van der Waals surface area contributed by atoms with Crippen molar-refractivity contribution in [1.82, 2.24) is 9.78 Å². The molecule has 2 heteroatoms. The van der Waals surface area contributed by atoms with Crippen LogP contribution in [0.3, 0.4) is 0 Å². The summed E-state index contributed by atoms with van der Waals surface area (Å²) in [6.07, 6.45) is 4.68. The van der Waals surface area contributed by atoms with E-state index in [1.54, 1.807) is 16.9 Å². The Morgan fingerprint density at radius 3 is 2.62 bits per heavy atom. The molecular formula is C6H9N2. The van der Waals surface area contributed by atoms with Gasteiger partial charge in [-0.3, -0.25) is 4.68 Å². The molecule has 2 nitrogen and oxygen atoms in total. The fourth-order valence-electron chi connectivity index (χ4n) is 0.531. The van der Waals surface area contributed by atoms with Crippen molar-refractivity contribution in [2.75, 3.05) is 0 Å². The zero-order valence-electron chi connectivity index (χ0n) is 5.13. The summed E-state index contributed by atoms with van der Waals surface area (Å²) in [7, 11) is 0. The fraction of sp³-hybridized carbons (Fsp3) is 0.500. The Morgan fingerprint density at radius 2 is 2.38 bits per heavy atom. The van der Waals surface area contributed by atoms with Crippen LogP contribution < -0.4 is 0 Å². The standard InChI is InChI=1S/C6H9N2/c1-6(2)8-5-3-4-7-8/h3-4,6H,1-2H3. The third kappa shape index (κ3) is 0.886. The predicted octanol–water partition coefficient (Wildman–Crippen LogP) is 1.26. The first-order chi connectivity index (χ1) is 3.80. The van der Waals surface area contributed by atoms with Gasteiger partial charge in [0.25, 0.3) is 0 Å². The lowest BCUT2D eigenvalue weighted by atomic mass is 10.4. The lowest BCUT2D eigenvalue weighted by Gasteiger charge is -2.00. The summed E-state index contributed by atoms with van der Waals surface area (Å²) in [5.74, 6) is 0. The zero-order chi connectivity index (χ0) is 5.98. The van der Waals surface area contributed by atoms with Crippen LogP contribution in [0.1, 0.15) is 19.9 Å². The Labute approximate surface area is 49.1 Å². The van der Waals surface area contributed by atoms with Crippen LogP contribution in [-0.4, -0.2) is 9.78 Å². The van der Waals surface area contributed by atoms with Gasteiger partial charge in [-0.1, -0.05) is 0 Å². The molecule has 8 heavy (non-hydrogen) atoms. The first kappa shape index (κ1) is 5.35. The maximum atomic E-state index is 3.98. The van der Waals surface area contributed by atoms with E-state index in [1.807, 2.05) is 0 Å². The minimum atomic E-state index is 0.435. The SMILES string of the molecule is CC(C)n1[c]ccn1. The summed E-state index contributed by atoms with van der Waals surface area (Å²) in [6.45, 7) is 4.15. The second-order valence-corrected chi connectivity index (χ2v) is 2.00. The van der Waals surface area contributed by atoms with E-state index in [0.29, 0.717) is 6.04 Å². The third-order valence-electron chi connectivity index (χ3n) is 0.962. The van der Waals surface area contributed by atoms with Gasteiger partial charge in [0.1, 0.15) is 0 Å². The normalized spacial score (nSPS) is 10.4. The minimum Gasteiger partial charge on any atom is -0.261 e. The van der Waals surface area contributed by atoms with Crippen LogP contribution in [0.2, 0.25) is 0 Å². The number of hydrogen-bond acceptors (Lipinski definition) is 1. The van der Waals surface area contributed by atoms with E-state index in [-0.39, 0.29) is 0 Å². The number of hydrogen-bond donors (Lipinski definition) is 0. The van der Waals surface area contributed by atoms with Gasteiger partial charge >= 0.3 is 0 Å². The molecule has 0 atom stereocenters. The molecule has 0 amide bonds. The first-order valence-corrected chi connectivity index (χ1v) is 2.72. The molecule has 0 saturated heterocycles. The molecular weight excluding hydrogens is 100 g/mol. The first-order valence-electron chi connectivity index (χ1n) is 2.72. The van der Waals surface area contributed by atoms with E-state index in [1.165, 1.54) is 0 Å². The van der Waals surface area contributed by atoms with Crippen molar-refractivity contribution in [3.8, 4) is 0 Å². The van der Waals surface area contributed by atoms with Crippen LogP contribution in [0.4, 0.5) is 0 Å². The van der Waals surface area contributed by atoms with Gasteiger partial charge in [-0.05, 0) is 19.9 Å². The molecule has 0 N–H and O–H groups in total. The van der Waals surface area contributed by atoms with Crippen molar-refractivity contribution < 1.29 is 0 Å². The lowest BCUT2D eigenvalue weighted by Crippen LogP contribution is -1.99. The van der Waals surface area contributed by atoms with Crippen LogP contribution in [0.5, 0.6) is 0 Å². The van der Waals surface area contributed by atoms with E-state index in [9.17, 15) is 0 Å². The average Bonchev–Trinajstić information content (AvgIpc) is 2.12. The number of rotatable bonds is 1. The highest BCUT2D eigenvalue weighted by Gasteiger charge is 1.92. The topological polar surface area (TPSA) is 17.8 Å². The Kier molecular flexibility index (Phi) is 1.33. The summed E-state index contributed by atoms with van der Waals surface area (Å²) >= 11 is 0. The summed E-state index contributed by atoms with van der Waals surface area (Å²) in [5, 5.41) is 3.98. The molecule has 43 valence electrons. The van der Waals surface area contributed by atoms with Gasteiger partial charge in [-0.15, -0.1) is 0 Å². The van der Waals surface area contributed by atoms with Gasteiger partial charge < -0.3 is 0 Å². The summed E-state index contributed by atoms with van der Waals surface area (Å²) in [4.78, 5) is 0. The molecule has 0 fully saturated rings. The predicted molar refractivity (Wildman–Crippen MR) is 31.4 cm³/mol. The second-order valence-electron chi connectivity index (χ2n) is 2.00. The van der Waals surface area contributed by atoms with E-state index in [4.69, 9.17) is 0 Å². The molecule has 1 aromatic rings. The van der Waals surface area contributed by atoms with E-state index in [2.05, 4.69) is 25.1 Å². The van der Waals surface area contributed by atoms with Crippen LogP contribution in [0.15, 0.2) is 12.3 Å². The smallest absolute Gasteiger partial charge is 0.0866 e. The third-order valence-corrected chi connectivity index (χ3v) is 0.962. The Bertz CT molecular complexity index is 142. The second kappa shape index (κ2) is 1.99. The summed E-state index contributed by atoms with van der Waals surface area (Å²) < 4.78 is 1.79. The molecule has 1 radical (unpaired) electrons. The molecule has 0 unspecified atom stereocenters. The quantitative estimate of drug-likeness (QED) is 0.531. The van der Waals surface area contributed by atoms with Gasteiger partial charge in [0.2, 0.25) is 0 Å². The molecule has 0 aliphatic carbocycles. The van der Waals surface area contributed by atoms with Crippen LogP contribution >= 0.6 is 0 Å². The van der Waals surface area contributed by atoms with E-state index >= 15 is 0 Å². The monoisotopic (exact) mass is 109 g/mol. The maximum absolute atomic E-state index is 3.98. The van der Waals surface area contributed by atoms with Gasteiger partial charge in [-0.25, -0.2) is 0 Å². The van der Waals surface area contributed by atoms with Crippen molar-refractivity contribution in [2.24, 2.45) is 0 Å². The Balaban J connectivity index is 2.77. The highest BCUT2D eigenvalue weighted by molar-refractivity contribution is 4.76. The zero-order valence-corrected chi connectivity index (χ0v) is 5.13. The van der Waals surface area contributed by atoms with Crippen LogP contribution in [0.25, 0.3) is 0 Å². The van der Waals surface area contributed by atoms with E-state index in [0.717, 1.165) is 0 Å². The minimum absolute atomic E-state index is 0.435. The average molecular weight is 109 g/mol. The van der Waals surface area contributed by atoms with Crippen molar-refractivity contribution in [3.63, 3.8) is 0 Å². The maximum Gasteiger partial charge on any atom is 0.0866 e. The van der Waals surface area contributed by atoms with Crippen molar-refractivity contribution in [2.45, 2.75) is 19.9 Å². The van der Waals surface area contributed by atoms with Crippen LogP contribution in [0, 0.1) is 6.20 Å². The lowest BCUT2D eigenvalue weighted by molar-refractivity contribution is 0.529. The molecule has 1 rings (SSSR count). The molecule has 0 aromatic carbocycles. The van der Waals surface area contributed by atoms with Gasteiger partial charge in [0.15, 0.2) is 0 Å². The molecule has 0 saturated carbocycles. The summed E-state index contributed by atoms with van der Waals surface area (Å²) in [6, 6.07) is 2.24. The fourth-order valence-corrected chi connectivity index (χ4v) is 0.531. The number of aromatic nitrogens is 2. The summed E-state index contributed by atoms with van der Waals surface area (Å²) in [5.41, 5.74) is 0. The molecule has 0 spiro atoms. The number of nitrogens with zero attached hydrogens (tertiary/aromatic N) is 2.